The normalized spacial score (nSPS) is 12.5. The summed E-state index contributed by atoms with van der Waals surface area (Å²) in [5.74, 6) is -2.88. The van der Waals surface area contributed by atoms with Crippen LogP contribution in [0.1, 0.15) is 25.0 Å². The number of aromatic hydroxyl groups is 1. The molecule has 0 aliphatic heterocycles. The number of pyridine rings is 1. The molecule has 0 fully saturated rings. The smallest absolute Gasteiger partial charge is 0.491 e. The first-order valence-corrected chi connectivity index (χ1v) is 13.3. The number of carbonyl (C=O) groups is 1. The zero-order chi connectivity index (χ0) is 31.4. The molecule has 1 aromatic carbocycles. The first-order valence-electron chi connectivity index (χ1n) is 13.3. The van der Waals surface area contributed by atoms with E-state index < -0.39 is 29.7 Å². The summed E-state index contributed by atoms with van der Waals surface area (Å²) in [5.41, 5.74) is 8.95. The number of phenols is 1. The molecule has 0 saturated carbocycles. The molecule has 232 valence electrons. The van der Waals surface area contributed by atoms with E-state index in [9.17, 15) is 28.2 Å². The number of nitrogens with two attached hydrogens (primary N) is 1. The summed E-state index contributed by atoms with van der Waals surface area (Å²) < 4.78 is 54.5. The zero-order valence-electron chi connectivity index (χ0n) is 23.1. The average Bonchev–Trinajstić information content (AvgIpc) is 3.75. The second kappa shape index (κ2) is 12.6. The van der Waals surface area contributed by atoms with Gasteiger partial charge in [-0.2, -0.15) is 13.2 Å². The maximum absolute atomic E-state index is 12.5. The standard InChI is InChI=1S/C27H27F3N8O6/c1-2-38-23-19(13-34-20(15-5-3-9-33-15)21(23)35-25(38)22-24(31)37-44-36-22)42-10-4-8-32-12-17(40)14-6-7-16(39)18(11-14)43-26(41)27(28,29)30/h3,5-7,9,11,13,17,32-33,39-40H,2,4,8,10,12H2,1H3,(H2,31,37)/t17-/m0/s1. The third kappa shape index (κ3) is 6.28. The number of aliphatic hydroxyl groups is 1. The van der Waals surface area contributed by atoms with Gasteiger partial charge >= 0.3 is 12.1 Å². The van der Waals surface area contributed by atoms with Crippen molar-refractivity contribution in [3.63, 3.8) is 0 Å². The second-order valence-electron chi connectivity index (χ2n) is 9.47. The molecule has 0 aliphatic carbocycles. The van der Waals surface area contributed by atoms with Gasteiger partial charge in [0.15, 0.2) is 34.6 Å². The Morgan fingerprint density at radius 2 is 2.05 bits per heavy atom. The van der Waals surface area contributed by atoms with E-state index in [0.717, 1.165) is 17.8 Å². The lowest BCUT2D eigenvalue weighted by Crippen LogP contribution is -2.28. The van der Waals surface area contributed by atoms with E-state index in [2.05, 4.69) is 30.3 Å². The molecule has 0 saturated heterocycles. The van der Waals surface area contributed by atoms with E-state index in [1.54, 1.807) is 12.4 Å². The Kier molecular flexibility index (Phi) is 8.68. The Balaban J connectivity index is 1.23. The molecule has 17 heteroatoms. The Morgan fingerprint density at radius 3 is 2.73 bits per heavy atom. The molecule has 6 N–H and O–H groups in total. The summed E-state index contributed by atoms with van der Waals surface area (Å²) in [4.78, 5) is 23.6. The molecular weight excluding hydrogens is 589 g/mol. The summed E-state index contributed by atoms with van der Waals surface area (Å²) in [6, 6.07) is 7.02. The van der Waals surface area contributed by atoms with Gasteiger partial charge in [0.1, 0.15) is 16.7 Å². The van der Waals surface area contributed by atoms with Gasteiger partial charge in [-0.3, -0.25) is 0 Å². The van der Waals surface area contributed by atoms with Gasteiger partial charge < -0.3 is 40.3 Å². The molecule has 4 heterocycles. The van der Waals surface area contributed by atoms with Crippen molar-refractivity contribution in [2.75, 3.05) is 25.4 Å². The van der Waals surface area contributed by atoms with E-state index in [1.165, 1.54) is 6.07 Å². The lowest BCUT2D eigenvalue weighted by atomic mass is 10.1. The number of hydrogen-bond acceptors (Lipinski definition) is 12. The van der Waals surface area contributed by atoms with Crippen LogP contribution in [0.15, 0.2) is 47.4 Å². The van der Waals surface area contributed by atoms with Crippen molar-refractivity contribution in [3.05, 3.63) is 48.3 Å². The number of imidazole rings is 1. The Bertz CT molecular complexity index is 1750. The number of carbonyl (C=O) groups excluding carboxylic acids is 1. The number of H-pyrrole nitrogens is 1. The fraction of sp³-hybridized carbons (Fsp3) is 0.296. The van der Waals surface area contributed by atoms with Gasteiger partial charge in [0.25, 0.3) is 0 Å². The number of fused-ring (bicyclic) bond motifs is 1. The van der Waals surface area contributed by atoms with Crippen LogP contribution in [0.3, 0.4) is 0 Å². The number of phenolic OH excluding ortho intramolecular Hbond substituents is 1. The SMILES string of the molecule is CCn1c(-c2nonc2N)nc2c(-c3ccc[nH]3)ncc(OCCCNC[C@H](O)c3ccc(O)c(OC(=O)C(F)(F)F)c3)c21. The van der Waals surface area contributed by atoms with Crippen molar-refractivity contribution in [1.29, 1.82) is 0 Å². The Labute approximate surface area is 246 Å². The van der Waals surface area contributed by atoms with Gasteiger partial charge in [-0.25, -0.2) is 19.4 Å². The van der Waals surface area contributed by atoms with Crippen LogP contribution in [0.2, 0.25) is 0 Å². The monoisotopic (exact) mass is 616 g/mol. The van der Waals surface area contributed by atoms with E-state index in [4.69, 9.17) is 20.1 Å². The van der Waals surface area contributed by atoms with Crippen LogP contribution in [0.25, 0.3) is 33.9 Å². The van der Waals surface area contributed by atoms with Crippen molar-refractivity contribution in [1.82, 2.24) is 35.1 Å². The van der Waals surface area contributed by atoms with Crippen molar-refractivity contribution in [2.24, 2.45) is 0 Å². The van der Waals surface area contributed by atoms with E-state index >= 15 is 0 Å². The molecule has 14 nitrogen and oxygen atoms in total. The van der Waals surface area contributed by atoms with Crippen LogP contribution in [0.4, 0.5) is 19.0 Å². The molecule has 0 amide bonds. The molecule has 4 aromatic heterocycles. The van der Waals surface area contributed by atoms with Crippen molar-refractivity contribution in [2.45, 2.75) is 32.2 Å². The summed E-state index contributed by atoms with van der Waals surface area (Å²) in [5, 5.41) is 30.8. The first-order chi connectivity index (χ1) is 21.1. The van der Waals surface area contributed by atoms with Crippen LogP contribution in [0, 0.1) is 0 Å². The van der Waals surface area contributed by atoms with Gasteiger partial charge in [0.05, 0.1) is 24.6 Å². The number of aromatic amines is 1. The largest absolute Gasteiger partial charge is 0.504 e. The van der Waals surface area contributed by atoms with Gasteiger partial charge in [0.2, 0.25) is 0 Å². The topological polar surface area (TPSA) is 199 Å². The summed E-state index contributed by atoms with van der Waals surface area (Å²) in [7, 11) is 0. The quantitative estimate of drug-likeness (QED) is 0.0779. The van der Waals surface area contributed by atoms with Crippen LogP contribution in [-0.2, 0) is 11.3 Å². The molecule has 0 spiro atoms. The number of aryl methyl sites for hydroxylation is 1. The molecule has 0 radical (unpaired) electrons. The Hall–Kier alpha value is -5.16. The van der Waals surface area contributed by atoms with Crippen LogP contribution in [-0.4, -0.2) is 71.9 Å². The number of anilines is 1. The minimum atomic E-state index is -5.24. The van der Waals surface area contributed by atoms with Crippen molar-refractivity contribution >= 4 is 22.8 Å². The fourth-order valence-corrected chi connectivity index (χ4v) is 4.45. The van der Waals surface area contributed by atoms with Gasteiger partial charge in [0, 0.05) is 19.3 Å². The molecule has 44 heavy (non-hydrogen) atoms. The van der Waals surface area contributed by atoms with E-state index in [1.807, 2.05) is 23.6 Å². The number of nitrogens with one attached hydrogen (secondary N) is 2. The maximum atomic E-state index is 12.5. The minimum absolute atomic E-state index is 0.0210. The zero-order valence-corrected chi connectivity index (χ0v) is 23.1. The number of halogens is 3. The molecular formula is C27H27F3N8O6. The lowest BCUT2D eigenvalue weighted by Gasteiger charge is -2.15. The lowest BCUT2D eigenvalue weighted by molar-refractivity contribution is -0.189. The number of hydrogen-bond donors (Lipinski definition) is 5. The van der Waals surface area contributed by atoms with Crippen LogP contribution < -0.4 is 20.5 Å². The highest BCUT2D eigenvalue weighted by molar-refractivity contribution is 5.95. The average molecular weight is 617 g/mol. The Morgan fingerprint density at radius 1 is 1.23 bits per heavy atom. The highest BCUT2D eigenvalue weighted by Gasteiger charge is 2.41. The molecule has 5 aromatic rings. The van der Waals surface area contributed by atoms with Gasteiger partial charge in [-0.15, -0.1) is 0 Å². The number of nitrogen functional groups attached to an aromatic ring is 1. The number of ether oxygens (including phenoxy) is 2. The molecule has 0 bridgehead atoms. The number of aromatic nitrogens is 6. The number of alkyl halides is 3. The summed E-state index contributed by atoms with van der Waals surface area (Å²) in [6.07, 6.45) is -2.52. The van der Waals surface area contributed by atoms with Gasteiger partial charge in [-0.1, -0.05) is 6.07 Å². The third-order valence-corrected chi connectivity index (χ3v) is 6.53. The van der Waals surface area contributed by atoms with E-state index in [0.29, 0.717) is 47.8 Å². The molecule has 0 aliphatic rings. The highest BCUT2D eigenvalue weighted by Crippen LogP contribution is 2.36. The van der Waals surface area contributed by atoms with Crippen molar-refractivity contribution < 1.29 is 42.3 Å². The number of benzene rings is 1. The van der Waals surface area contributed by atoms with Crippen LogP contribution in [0.5, 0.6) is 17.2 Å². The summed E-state index contributed by atoms with van der Waals surface area (Å²) >= 11 is 0. The number of aliphatic hydroxyl groups excluding tert-OH is 1. The highest BCUT2D eigenvalue weighted by atomic mass is 19.4. The van der Waals surface area contributed by atoms with E-state index in [-0.39, 0.29) is 30.2 Å². The molecule has 0 unspecified atom stereocenters. The van der Waals surface area contributed by atoms with Crippen molar-refractivity contribution in [3.8, 4) is 40.2 Å². The van der Waals surface area contributed by atoms with Gasteiger partial charge in [-0.05, 0) is 60.0 Å². The van der Waals surface area contributed by atoms with Crippen LogP contribution >= 0.6 is 0 Å². The number of nitrogens with zero attached hydrogens (tertiary/aromatic N) is 5. The number of rotatable bonds is 12. The first kappa shape index (κ1) is 30.3. The number of esters is 1. The predicted molar refractivity (Wildman–Crippen MR) is 148 cm³/mol. The minimum Gasteiger partial charge on any atom is -0.504 e. The second-order valence-corrected chi connectivity index (χ2v) is 9.47. The third-order valence-electron chi connectivity index (χ3n) is 6.53. The summed E-state index contributed by atoms with van der Waals surface area (Å²) in [6.45, 7) is 3.11. The maximum Gasteiger partial charge on any atom is 0.491 e. The fourth-order valence-electron chi connectivity index (χ4n) is 4.45. The molecule has 5 rings (SSSR count). The predicted octanol–water partition coefficient (Wildman–Crippen LogP) is 3.34. The molecule has 1 atom stereocenters.